The maximum Gasteiger partial charge on any atom is 0.271 e. The van der Waals surface area contributed by atoms with Gasteiger partial charge in [-0.25, -0.2) is 9.97 Å². The number of halogens is 1. The Kier molecular flexibility index (Phi) is 5.89. The molecule has 3 rings (SSSR count). The molecule has 3 heterocycles. The third-order valence-corrected chi connectivity index (χ3v) is 5.29. The Morgan fingerprint density at radius 2 is 2.00 bits per heavy atom. The summed E-state index contributed by atoms with van der Waals surface area (Å²) >= 11 is 6.13. The first-order valence-corrected chi connectivity index (χ1v) is 9.25. The summed E-state index contributed by atoms with van der Waals surface area (Å²) in [6.07, 6.45) is 7.25. The monoisotopic (exact) mass is 351 g/mol. The minimum absolute atomic E-state index is 0.198. The highest BCUT2D eigenvalue weighted by Crippen LogP contribution is 2.21. The van der Waals surface area contributed by atoms with E-state index in [4.69, 9.17) is 11.6 Å². The largest absolute Gasteiger partial charge is 0.351 e. The van der Waals surface area contributed by atoms with Crippen LogP contribution in [0.25, 0.3) is 0 Å². The summed E-state index contributed by atoms with van der Waals surface area (Å²) in [4.78, 5) is 25.5. The number of nitrogens with zero attached hydrogens (tertiary/aromatic N) is 4. The van der Waals surface area contributed by atoms with Crippen LogP contribution >= 0.6 is 11.6 Å². The normalized spacial score (nSPS) is 19.7. The van der Waals surface area contributed by atoms with E-state index >= 15 is 0 Å². The van der Waals surface area contributed by atoms with Crippen molar-refractivity contribution in [1.82, 2.24) is 20.2 Å². The molecule has 0 atom stereocenters. The number of aromatic nitrogens is 2. The summed E-state index contributed by atoms with van der Waals surface area (Å²) in [5, 5.41) is 3.28. The van der Waals surface area contributed by atoms with Crippen LogP contribution in [-0.4, -0.2) is 60.5 Å². The van der Waals surface area contributed by atoms with E-state index in [1.807, 2.05) is 0 Å². The Balaban J connectivity index is 1.53. The van der Waals surface area contributed by atoms with Crippen molar-refractivity contribution in [3.63, 3.8) is 0 Å². The van der Waals surface area contributed by atoms with Crippen molar-refractivity contribution in [1.29, 1.82) is 0 Å². The molecule has 0 aromatic carbocycles. The lowest BCUT2D eigenvalue weighted by atomic mass is 9.94. The standard InChI is InChI=1S/C17H26ClN5O/c1-22-10-5-13(6-11-22)4-7-19-16(24)15-14(18)12-20-17(21-15)23-8-2-3-9-23/h12-13H,2-11H2,1H3,(H,19,24). The number of hydrogen-bond acceptors (Lipinski definition) is 5. The quantitative estimate of drug-likeness (QED) is 0.881. The lowest BCUT2D eigenvalue weighted by Gasteiger charge is -2.28. The highest BCUT2D eigenvalue weighted by atomic mass is 35.5. The topological polar surface area (TPSA) is 61.4 Å². The van der Waals surface area contributed by atoms with Crippen molar-refractivity contribution in [3.05, 3.63) is 16.9 Å². The van der Waals surface area contributed by atoms with Gasteiger partial charge in [-0.1, -0.05) is 11.6 Å². The average Bonchev–Trinajstić information content (AvgIpc) is 3.11. The van der Waals surface area contributed by atoms with Gasteiger partial charge in [0.15, 0.2) is 5.69 Å². The van der Waals surface area contributed by atoms with E-state index in [1.165, 1.54) is 19.0 Å². The molecule has 1 N–H and O–H groups in total. The number of piperidine rings is 1. The lowest BCUT2D eigenvalue weighted by molar-refractivity contribution is 0.0944. The first-order valence-electron chi connectivity index (χ1n) is 8.87. The SMILES string of the molecule is CN1CCC(CCNC(=O)c2nc(N3CCCC3)ncc2Cl)CC1. The van der Waals surface area contributed by atoms with Crippen LogP contribution in [0.5, 0.6) is 0 Å². The first kappa shape index (κ1) is 17.4. The predicted molar refractivity (Wildman–Crippen MR) is 95.7 cm³/mol. The van der Waals surface area contributed by atoms with Crippen LogP contribution in [0.2, 0.25) is 5.02 Å². The van der Waals surface area contributed by atoms with Gasteiger partial charge in [-0.3, -0.25) is 4.79 Å². The molecular formula is C17H26ClN5O. The molecule has 1 aromatic heterocycles. The van der Waals surface area contributed by atoms with Gasteiger partial charge in [0, 0.05) is 19.6 Å². The van der Waals surface area contributed by atoms with Crippen LogP contribution in [-0.2, 0) is 0 Å². The van der Waals surface area contributed by atoms with Crippen molar-refractivity contribution in [3.8, 4) is 0 Å². The van der Waals surface area contributed by atoms with Gasteiger partial charge >= 0.3 is 0 Å². The van der Waals surface area contributed by atoms with Gasteiger partial charge in [0.25, 0.3) is 5.91 Å². The zero-order valence-electron chi connectivity index (χ0n) is 14.3. The molecular weight excluding hydrogens is 326 g/mol. The molecule has 0 spiro atoms. The minimum atomic E-state index is -0.198. The van der Waals surface area contributed by atoms with Crippen LogP contribution < -0.4 is 10.2 Å². The number of carbonyl (C=O) groups excluding carboxylic acids is 1. The van der Waals surface area contributed by atoms with Crippen molar-refractivity contribution in [2.24, 2.45) is 5.92 Å². The molecule has 6 nitrogen and oxygen atoms in total. The van der Waals surface area contributed by atoms with E-state index < -0.39 is 0 Å². The molecule has 0 radical (unpaired) electrons. The number of rotatable bonds is 5. The Hall–Kier alpha value is -1.40. The van der Waals surface area contributed by atoms with E-state index in [1.54, 1.807) is 0 Å². The molecule has 7 heteroatoms. The maximum atomic E-state index is 12.4. The highest BCUT2D eigenvalue weighted by molar-refractivity contribution is 6.33. The van der Waals surface area contributed by atoms with Crippen molar-refractivity contribution < 1.29 is 4.79 Å². The Labute approximate surface area is 148 Å². The van der Waals surface area contributed by atoms with Gasteiger partial charge in [0.1, 0.15) is 0 Å². The molecule has 0 bridgehead atoms. The van der Waals surface area contributed by atoms with Crippen LogP contribution in [0.1, 0.15) is 42.6 Å². The second-order valence-electron chi connectivity index (χ2n) is 6.85. The summed E-state index contributed by atoms with van der Waals surface area (Å²) in [6, 6.07) is 0. The van der Waals surface area contributed by atoms with Gasteiger partial charge in [-0.15, -0.1) is 0 Å². The number of hydrogen-bond donors (Lipinski definition) is 1. The third kappa shape index (κ3) is 4.36. The van der Waals surface area contributed by atoms with Gasteiger partial charge in [0.2, 0.25) is 5.95 Å². The maximum absolute atomic E-state index is 12.4. The van der Waals surface area contributed by atoms with E-state index in [9.17, 15) is 4.79 Å². The van der Waals surface area contributed by atoms with Crippen molar-refractivity contribution >= 4 is 23.5 Å². The van der Waals surface area contributed by atoms with E-state index in [-0.39, 0.29) is 11.6 Å². The van der Waals surface area contributed by atoms with Gasteiger partial charge in [-0.05, 0) is 58.2 Å². The summed E-state index contributed by atoms with van der Waals surface area (Å²) in [7, 11) is 2.16. The Bertz CT molecular complexity index is 568. The zero-order chi connectivity index (χ0) is 16.9. The van der Waals surface area contributed by atoms with E-state index in [0.717, 1.165) is 45.4 Å². The molecule has 0 saturated carbocycles. The molecule has 1 amide bonds. The second kappa shape index (κ2) is 8.12. The summed E-state index contributed by atoms with van der Waals surface area (Å²) in [5.41, 5.74) is 0.289. The Morgan fingerprint density at radius 3 is 2.71 bits per heavy atom. The molecule has 1 aromatic rings. The molecule has 2 fully saturated rings. The van der Waals surface area contributed by atoms with Crippen LogP contribution in [0.3, 0.4) is 0 Å². The van der Waals surface area contributed by atoms with E-state index in [2.05, 4.69) is 32.1 Å². The summed E-state index contributed by atoms with van der Waals surface area (Å²) in [5.74, 6) is 1.11. The third-order valence-electron chi connectivity index (χ3n) is 5.01. The van der Waals surface area contributed by atoms with Gasteiger partial charge in [-0.2, -0.15) is 0 Å². The number of likely N-dealkylation sites (tertiary alicyclic amines) is 1. The van der Waals surface area contributed by atoms with Crippen molar-refractivity contribution in [2.45, 2.75) is 32.1 Å². The van der Waals surface area contributed by atoms with Gasteiger partial charge < -0.3 is 15.1 Å². The fourth-order valence-corrected chi connectivity index (χ4v) is 3.59. The molecule has 24 heavy (non-hydrogen) atoms. The van der Waals surface area contributed by atoms with Crippen LogP contribution in [0, 0.1) is 5.92 Å². The second-order valence-corrected chi connectivity index (χ2v) is 7.26. The van der Waals surface area contributed by atoms with Gasteiger partial charge in [0.05, 0.1) is 11.2 Å². The highest BCUT2D eigenvalue weighted by Gasteiger charge is 2.20. The Morgan fingerprint density at radius 1 is 1.29 bits per heavy atom. The van der Waals surface area contributed by atoms with E-state index in [0.29, 0.717) is 23.4 Å². The summed E-state index contributed by atoms with van der Waals surface area (Å²) in [6.45, 7) is 4.86. The first-order chi connectivity index (χ1) is 11.6. The zero-order valence-corrected chi connectivity index (χ0v) is 15.1. The summed E-state index contributed by atoms with van der Waals surface area (Å²) < 4.78 is 0. The molecule has 132 valence electrons. The number of nitrogens with one attached hydrogen (secondary N) is 1. The lowest BCUT2D eigenvalue weighted by Crippen LogP contribution is -2.33. The van der Waals surface area contributed by atoms with Crippen LogP contribution in [0.4, 0.5) is 5.95 Å². The molecule has 2 aliphatic rings. The predicted octanol–water partition coefficient (Wildman–Crippen LogP) is 2.19. The fourth-order valence-electron chi connectivity index (χ4n) is 3.41. The molecule has 2 saturated heterocycles. The van der Waals surface area contributed by atoms with Crippen LogP contribution in [0.15, 0.2) is 6.20 Å². The number of anilines is 1. The number of carbonyl (C=O) groups is 1. The molecule has 0 unspecified atom stereocenters. The minimum Gasteiger partial charge on any atom is -0.351 e. The smallest absolute Gasteiger partial charge is 0.271 e. The number of amides is 1. The molecule has 2 aliphatic heterocycles. The average molecular weight is 352 g/mol. The molecule has 0 aliphatic carbocycles. The fraction of sp³-hybridized carbons (Fsp3) is 0.706. The van der Waals surface area contributed by atoms with Crippen molar-refractivity contribution in [2.75, 3.05) is 44.7 Å².